The second kappa shape index (κ2) is 4.39. The van der Waals surface area contributed by atoms with Crippen LogP contribution in [0.5, 0.6) is 0 Å². The van der Waals surface area contributed by atoms with Crippen molar-refractivity contribution in [1.82, 2.24) is 10.1 Å². The van der Waals surface area contributed by atoms with Crippen LogP contribution in [0.15, 0.2) is 10.6 Å². The molecule has 2 fully saturated rings. The van der Waals surface area contributed by atoms with Crippen LogP contribution in [0.2, 0.25) is 0 Å². The minimum Gasteiger partial charge on any atom is -0.372 e. The van der Waals surface area contributed by atoms with E-state index < -0.39 is 0 Å². The number of aromatic nitrogens is 1. The van der Waals surface area contributed by atoms with E-state index in [2.05, 4.69) is 5.16 Å². The molecule has 1 aliphatic heterocycles. The summed E-state index contributed by atoms with van der Waals surface area (Å²) in [6.07, 6.45) is 2.45. The van der Waals surface area contributed by atoms with Gasteiger partial charge in [-0.05, 0) is 26.7 Å². The molecular formula is C13H18N2O3. The molecule has 2 aliphatic rings. The molecule has 0 bridgehead atoms. The third kappa shape index (κ3) is 2.27. The van der Waals surface area contributed by atoms with Gasteiger partial charge >= 0.3 is 0 Å². The molecule has 1 aromatic rings. The van der Waals surface area contributed by atoms with Crippen LogP contribution in [0.4, 0.5) is 0 Å². The number of carbonyl (C=O) groups excluding carboxylic acids is 1. The van der Waals surface area contributed by atoms with Crippen LogP contribution < -0.4 is 0 Å². The van der Waals surface area contributed by atoms with E-state index in [4.69, 9.17) is 9.26 Å². The fourth-order valence-corrected chi connectivity index (χ4v) is 2.46. The zero-order valence-corrected chi connectivity index (χ0v) is 10.8. The summed E-state index contributed by atoms with van der Waals surface area (Å²) >= 11 is 0. The van der Waals surface area contributed by atoms with Gasteiger partial charge < -0.3 is 14.2 Å². The highest BCUT2D eigenvalue weighted by molar-refractivity contribution is 5.92. The number of ether oxygens (including phenoxy) is 1. The van der Waals surface area contributed by atoms with E-state index in [0.29, 0.717) is 24.7 Å². The van der Waals surface area contributed by atoms with E-state index in [-0.39, 0.29) is 18.1 Å². The molecule has 2 heterocycles. The average molecular weight is 250 g/mol. The Kier molecular flexibility index (Phi) is 2.86. The summed E-state index contributed by atoms with van der Waals surface area (Å²) in [5.41, 5.74) is 0.429. The Bertz CT molecular complexity index is 443. The standard InChI is InChI=1S/C13H18N2O3/c1-8-6-15(7-9(2)17-8)13(16)11-5-12(18-14-11)10-3-4-10/h5,8-10H,3-4,6-7H2,1-2H3. The summed E-state index contributed by atoms with van der Waals surface area (Å²) in [7, 11) is 0. The van der Waals surface area contributed by atoms with Crippen molar-refractivity contribution < 1.29 is 14.1 Å². The van der Waals surface area contributed by atoms with Crippen LogP contribution in [0.3, 0.4) is 0 Å². The predicted molar refractivity (Wildman–Crippen MR) is 64.4 cm³/mol. The molecule has 1 saturated heterocycles. The highest BCUT2D eigenvalue weighted by Crippen LogP contribution is 2.40. The van der Waals surface area contributed by atoms with Crippen molar-refractivity contribution in [3.63, 3.8) is 0 Å². The monoisotopic (exact) mass is 250 g/mol. The summed E-state index contributed by atoms with van der Waals surface area (Å²) in [5, 5.41) is 3.90. The minimum absolute atomic E-state index is 0.0485. The van der Waals surface area contributed by atoms with E-state index in [1.54, 1.807) is 11.0 Å². The first-order chi connectivity index (χ1) is 8.63. The quantitative estimate of drug-likeness (QED) is 0.803. The number of morpholine rings is 1. The molecule has 5 nitrogen and oxygen atoms in total. The molecule has 3 rings (SSSR count). The van der Waals surface area contributed by atoms with Crippen LogP contribution in [-0.4, -0.2) is 41.3 Å². The first-order valence-corrected chi connectivity index (χ1v) is 6.55. The number of rotatable bonds is 2. The average Bonchev–Trinajstić information content (AvgIpc) is 3.05. The molecule has 1 aromatic heterocycles. The predicted octanol–water partition coefficient (Wildman–Crippen LogP) is 1.80. The summed E-state index contributed by atoms with van der Waals surface area (Å²) < 4.78 is 10.8. The van der Waals surface area contributed by atoms with Crippen LogP contribution in [-0.2, 0) is 4.74 Å². The van der Waals surface area contributed by atoms with Crippen molar-refractivity contribution in [3.8, 4) is 0 Å². The molecule has 0 spiro atoms. The molecule has 1 amide bonds. The van der Waals surface area contributed by atoms with Gasteiger partial charge in [-0.1, -0.05) is 5.16 Å². The van der Waals surface area contributed by atoms with Crippen molar-refractivity contribution in [2.45, 2.75) is 44.8 Å². The summed E-state index contributed by atoms with van der Waals surface area (Å²) in [5.74, 6) is 1.29. The van der Waals surface area contributed by atoms with Gasteiger partial charge in [-0.2, -0.15) is 0 Å². The van der Waals surface area contributed by atoms with Crippen molar-refractivity contribution in [1.29, 1.82) is 0 Å². The Labute approximate surface area is 106 Å². The molecule has 1 aliphatic carbocycles. The summed E-state index contributed by atoms with van der Waals surface area (Å²) in [6.45, 7) is 5.20. The third-order valence-corrected chi connectivity index (χ3v) is 3.43. The first-order valence-electron chi connectivity index (χ1n) is 6.55. The van der Waals surface area contributed by atoms with Gasteiger partial charge in [0.1, 0.15) is 5.76 Å². The molecule has 18 heavy (non-hydrogen) atoms. The molecule has 0 aromatic carbocycles. The van der Waals surface area contributed by atoms with E-state index in [1.807, 2.05) is 13.8 Å². The maximum absolute atomic E-state index is 12.3. The number of amides is 1. The lowest BCUT2D eigenvalue weighted by Gasteiger charge is -2.34. The van der Waals surface area contributed by atoms with Gasteiger partial charge in [-0.25, -0.2) is 0 Å². The first kappa shape index (κ1) is 11.7. The normalized spacial score (nSPS) is 28.4. The summed E-state index contributed by atoms with van der Waals surface area (Å²) in [4.78, 5) is 14.1. The van der Waals surface area contributed by atoms with Gasteiger partial charge in [0.05, 0.1) is 12.2 Å². The lowest BCUT2D eigenvalue weighted by atomic mass is 10.2. The molecule has 0 radical (unpaired) electrons. The molecule has 2 unspecified atom stereocenters. The highest BCUT2D eigenvalue weighted by atomic mass is 16.5. The fourth-order valence-electron chi connectivity index (χ4n) is 2.46. The highest BCUT2D eigenvalue weighted by Gasteiger charge is 2.31. The van der Waals surface area contributed by atoms with Gasteiger partial charge in [0.2, 0.25) is 0 Å². The van der Waals surface area contributed by atoms with E-state index in [1.165, 1.54) is 0 Å². The smallest absolute Gasteiger partial charge is 0.276 e. The largest absolute Gasteiger partial charge is 0.372 e. The molecule has 98 valence electrons. The van der Waals surface area contributed by atoms with Crippen molar-refractivity contribution >= 4 is 5.91 Å². The Morgan fingerprint density at radius 1 is 1.33 bits per heavy atom. The summed E-state index contributed by atoms with van der Waals surface area (Å²) in [6, 6.07) is 1.80. The second-order valence-electron chi connectivity index (χ2n) is 5.36. The van der Waals surface area contributed by atoms with E-state index in [0.717, 1.165) is 18.6 Å². The molecular weight excluding hydrogens is 232 g/mol. The van der Waals surface area contributed by atoms with Gasteiger partial charge in [0.15, 0.2) is 5.69 Å². The number of hydrogen-bond acceptors (Lipinski definition) is 4. The Balaban J connectivity index is 1.72. The van der Waals surface area contributed by atoms with Crippen LogP contribution in [0, 0.1) is 0 Å². The molecule has 0 N–H and O–H groups in total. The van der Waals surface area contributed by atoms with Crippen molar-refractivity contribution in [2.24, 2.45) is 0 Å². The lowest BCUT2D eigenvalue weighted by molar-refractivity contribution is -0.0588. The molecule has 5 heteroatoms. The van der Waals surface area contributed by atoms with Crippen LogP contribution in [0.1, 0.15) is 48.9 Å². The minimum atomic E-state index is -0.0485. The lowest BCUT2D eigenvalue weighted by Crippen LogP contribution is -2.48. The van der Waals surface area contributed by atoms with E-state index in [9.17, 15) is 4.79 Å². The second-order valence-corrected chi connectivity index (χ2v) is 5.36. The van der Waals surface area contributed by atoms with Crippen LogP contribution in [0.25, 0.3) is 0 Å². The zero-order chi connectivity index (χ0) is 12.7. The number of carbonyl (C=O) groups is 1. The molecule has 2 atom stereocenters. The van der Waals surface area contributed by atoms with Gasteiger partial charge in [-0.3, -0.25) is 4.79 Å². The van der Waals surface area contributed by atoms with Crippen molar-refractivity contribution in [2.75, 3.05) is 13.1 Å². The van der Waals surface area contributed by atoms with Crippen LogP contribution >= 0.6 is 0 Å². The Morgan fingerprint density at radius 2 is 2.00 bits per heavy atom. The SMILES string of the molecule is CC1CN(C(=O)c2cc(C3CC3)on2)CC(C)O1. The number of hydrogen-bond donors (Lipinski definition) is 0. The zero-order valence-electron chi connectivity index (χ0n) is 10.8. The van der Waals surface area contributed by atoms with Gasteiger partial charge in [0, 0.05) is 25.1 Å². The maximum atomic E-state index is 12.3. The van der Waals surface area contributed by atoms with Gasteiger partial charge in [0.25, 0.3) is 5.91 Å². The van der Waals surface area contributed by atoms with E-state index >= 15 is 0 Å². The Morgan fingerprint density at radius 3 is 2.61 bits per heavy atom. The number of nitrogens with zero attached hydrogens (tertiary/aromatic N) is 2. The third-order valence-electron chi connectivity index (χ3n) is 3.43. The van der Waals surface area contributed by atoms with Crippen molar-refractivity contribution in [3.05, 3.63) is 17.5 Å². The molecule has 1 saturated carbocycles. The Hall–Kier alpha value is -1.36. The maximum Gasteiger partial charge on any atom is 0.276 e. The van der Waals surface area contributed by atoms with Gasteiger partial charge in [-0.15, -0.1) is 0 Å². The fraction of sp³-hybridized carbons (Fsp3) is 0.692. The topological polar surface area (TPSA) is 55.6 Å².